The molecule has 1 amide bonds. The molecule has 1 aliphatic heterocycles. The maximum atomic E-state index is 12.7. The van der Waals surface area contributed by atoms with Gasteiger partial charge in [0.05, 0.1) is 35.8 Å². The Hall–Kier alpha value is -3.00. The molecule has 1 atom stereocenters. The monoisotopic (exact) mass is 409 g/mol. The minimum atomic E-state index is -0.237. The molecular weight excluding hydrogens is 382 g/mol. The van der Waals surface area contributed by atoms with Crippen molar-refractivity contribution in [1.29, 1.82) is 0 Å². The number of rotatable bonds is 7. The van der Waals surface area contributed by atoms with Gasteiger partial charge in [0.15, 0.2) is 0 Å². The van der Waals surface area contributed by atoms with E-state index in [1.54, 1.807) is 6.20 Å². The molecule has 4 heterocycles. The minimum Gasteiger partial charge on any atom is -0.368 e. The SMILES string of the molecule is CCc1onc(C)c1-c1cccc(C2CN(C(=O)CCCn3cccn3)CCO2)n1. The molecular formula is C22H27N5O3. The summed E-state index contributed by atoms with van der Waals surface area (Å²) >= 11 is 0. The largest absolute Gasteiger partial charge is 0.368 e. The molecule has 3 aromatic heterocycles. The molecule has 4 rings (SSSR count). The first-order valence-electron chi connectivity index (χ1n) is 10.4. The highest BCUT2D eigenvalue weighted by molar-refractivity contribution is 5.76. The molecule has 30 heavy (non-hydrogen) atoms. The number of aromatic nitrogens is 4. The van der Waals surface area contributed by atoms with Crippen LogP contribution < -0.4 is 0 Å². The smallest absolute Gasteiger partial charge is 0.222 e. The predicted molar refractivity (Wildman–Crippen MR) is 111 cm³/mol. The Labute approximate surface area is 175 Å². The molecule has 0 N–H and O–H groups in total. The summed E-state index contributed by atoms with van der Waals surface area (Å²) in [5.41, 5.74) is 3.43. The number of amides is 1. The Bertz CT molecular complexity index is 983. The molecule has 158 valence electrons. The van der Waals surface area contributed by atoms with Crippen LogP contribution in [0.15, 0.2) is 41.2 Å². The van der Waals surface area contributed by atoms with E-state index in [1.165, 1.54) is 0 Å². The Kier molecular flexibility index (Phi) is 6.23. The summed E-state index contributed by atoms with van der Waals surface area (Å²) in [6, 6.07) is 7.77. The van der Waals surface area contributed by atoms with Crippen molar-refractivity contribution in [2.75, 3.05) is 19.7 Å². The summed E-state index contributed by atoms with van der Waals surface area (Å²) in [5.74, 6) is 0.977. The van der Waals surface area contributed by atoms with Gasteiger partial charge < -0.3 is 14.2 Å². The van der Waals surface area contributed by atoms with E-state index in [1.807, 2.05) is 53.9 Å². The summed E-state index contributed by atoms with van der Waals surface area (Å²) in [7, 11) is 0. The number of carbonyl (C=O) groups excluding carboxylic acids is 1. The van der Waals surface area contributed by atoms with Crippen molar-refractivity contribution in [2.45, 2.75) is 45.8 Å². The van der Waals surface area contributed by atoms with Gasteiger partial charge in [-0.25, -0.2) is 4.98 Å². The van der Waals surface area contributed by atoms with Crippen LogP contribution in [-0.2, 0) is 22.5 Å². The maximum Gasteiger partial charge on any atom is 0.222 e. The van der Waals surface area contributed by atoms with Crippen LogP contribution in [0.1, 0.15) is 43.0 Å². The number of hydrogen-bond donors (Lipinski definition) is 0. The highest BCUT2D eigenvalue weighted by Crippen LogP contribution is 2.29. The van der Waals surface area contributed by atoms with Gasteiger partial charge in [0.25, 0.3) is 0 Å². The van der Waals surface area contributed by atoms with Gasteiger partial charge in [-0.15, -0.1) is 0 Å². The Morgan fingerprint density at radius 3 is 3.00 bits per heavy atom. The Morgan fingerprint density at radius 2 is 2.20 bits per heavy atom. The van der Waals surface area contributed by atoms with Gasteiger partial charge in [0, 0.05) is 38.3 Å². The van der Waals surface area contributed by atoms with Gasteiger partial charge in [0.2, 0.25) is 5.91 Å². The first-order valence-corrected chi connectivity index (χ1v) is 10.4. The molecule has 0 spiro atoms. The highest BCUT2D eigenvalue weighted by Gasteiger charge is 2.26. The summed E-state index contributed by atoms with van der Waals surface area (Å²) in [4.78, 5) is 19.4. The zero-order chi connectivity index (χ0) is 20.9. The van der Waals surface area contributed by atoms with Crippen molar-refractivity contribution in [1.82, 2.24) is 24.8 Å². The van der Waals surface area contributed by atoms with E-state index >= 15 is 0 Å². The van der Waals surface area contributed by atoms with E-state index in [9.17, 15) is 4.79 Å². The quantitative estimate of drug-likeness (QED) is 0.596. The topological polar surface area (TPSA) is 86.3 Å². The molecule has 1 unspecified atom stereocenters. The van der Waals surface area contributed by atoms with Crippen LogP contribution in [0, 0.1) is 6.92 Å². The molecule has 8 nitrogen and oxygen atoms in total. The number of aryl methyl sites for hydroxylation is 3. The van der Waals surface area contributed by atoms with Crippen LogP contribution in [0.4, 0.5) is 0 Å². The van der Waals surface area contributed by atoms with Crippen molar-refractivity contribution < 1.29 is 14.1 Å². The summed E-state index contributed by atoms with van der Waals surface area (Å²) in [5, 5.41) is 8.26. The molecule has 8 heteroatoms. The van der Waals surface area contributed by atoms with E-state index in [4.69, 9.17) is 14.2 Å². The minimum absolute atomic E-state index is 0.148. The Balaban J connectivity index is 1.42. The first kappa shape index (κ1) is 20.3. The van der Waals surface area contributed by atoms with Crippen LogP contribution in [-0.4, -0.2) is 50.4 Å². The van der Waals surface area contributed by atoms with Crippen molar-refractivity contribution in [3.63, 3.8) is 0 Å². The van der Waals surface area contributed by atoms with Crippen LogP contribution in [0.3, 0.4) is 0 Å². The third-order valence-corrected chi connectivity index (χ3v) is 5.37. The van der Waals surface area contributed by atoms with Crippen molar-refractivity contribution in [2.24, 2.45) is 0 Å². The van der Waals surface area contributed by atoms with Crippen molar-refractivity contribution >= 4 is 5.91 Å². The van der Waals surface area contributed by atoms with Crippen molar-refractivity contribution in [3.05, 3.63) is 53.8 Å². The average Bonchev–Trinajstić information content (AvgIpc) is 3.43. The normalized spacial score (nSPS) is 16.7. The van der Waals surface area contributed by atoms with Crippen LogP contribution >= 0.6 is 0 Å². The molecule has 0 aliphatic carbocycles. The molecule has 0 saturated carbocycles. The van der Waals surface area contributed by atoms with E-state index in [0.717, 1.165) is 47.8 Å². The Morgan fingerprint density at radius 1 is 1.30 bits per heavy atom. The van der Waals surface area contributed by atoms with Crippen molar-refractivity contribution in [3.8, 4) is 11.3 Å². The highest BCUT2D eigenvalue weighted by atomic mass is 16.5. The maximum absolute atomic E-state index is 12.7. The molecule has 0 aromatic carbocycles. The van der Waals surface area contributed by atoms with Gasteiger partial charge in [0.1, 0.15) is 11.9 Å². The van der Waals surface area contributed by atoms with Gasteiger partial charge in [-0.3, -0.25) is 9.48 Å². The number of ether oxygens (including phenoxy) is 1. The fourth-order valence-electron chi connectivity index (χ4n) is 3.79. The number of pyridine rings is 1. The third-order valence-electron chi connectivity index (χ3n) is 5.37. The second-order valence-corrected chi connectivity index (χ2v) is 7.44. The standard InChI is InChI=1S/C22H27N5O3/c1-3-19-22(16(2)25-30-19)18-8-4-7-17(24-18)20-15-26(13-14-29-20)21(28)9-5-11-27-12-6-10-23-27/h4,6-8,10,12,20H,3,5,9,11,13-15H2,1-2H3. The average molecular weight is 409 g/mol. The van der Waals surface area contributed by atoms with E-state index in [0.29, 0.717) is 26.1 Å². The molecule has 1 aliphatic rings. The van der Waals surface area contributed by atoms with E-state index < -0.39 is 0 Å². The molecule has 0 radical (unpaired) electrons. The summed E-state index contributed by atoms with van der Waals surface area (Å²) < 4.78 is 13.2. The van der Waals surface area contributed by atoms with Gasteiger partial charge in [-0.05, 0) is 31.5 Å². The van der Waals surface area contributed by atoms with Crippen LogP contribution in [0.25, 0.3) is 11.3 Å². The predicted octanol–water partition coefficient (Wildman–Crippen LogP) is 3.18. The molecule has 3 aromatic rings. The van der Waals surface area contributed by atoms with Gasteiger partial charge in [-0.1, -0.05) is 18.1 Å². The summed E-state index contributed by atoms with van der Waals surface area (Å²) in [6.45, 7) is 6.34. The number of morpholine rings is 1. The fraction of sp³-hybridized carbons (Fsp3) is 0.455. The number of carbonyl (C=O) groups is 1. The first-order chi connectivity index (χ1) is 14.7. The second-order valence-electron chi connectivity index (χ2n) is 7.44. The lowest BCUT2D eigenvalue weighted by molar-refractivity contribution is -0.139. The van der Waals surface area contributed by atoms with E-state index in [2.05, 4.69) is 10.3 Å². The lowest BCUT2D eigenvalue weighted by Crippen LogP contribution is -2.42. The third kappa shape index (κ3) is 4.43. The van der Waals surface area contributed by atoms with E-state index in [-0.39, 0.29) is 12.0 Å². The van der Waals surface area contributed by atoms with Gasteiger partial charge in [-0.2, -0.15) is 5.10 Å². The molecule has 1 fully saturated rings. The molecule has 0 bridgehead atoms. The molecule has 1 saturated heterocycles. The zero-order valence-electron chi connectivity index (χ0n) is 17.5. The van der Waals surface area contributed by atoms with Crippen LogP contribution in [0.5, 0.6) is 0 Å². The second kappa shape index (κ2) is 9.21. The van der Waals surface area contributed by atoms with Crippen LogP contribution in [0.2, 0.25) is 0 Å². The summed E-state index contributed by atoms with van der Waals surface area (Å²) in [6.07, 6.45) is 5.44. The number of nitrogens with zero attached hydrogens (tertiary/aromatic N) is 5. The fourth-order valence-corrected chi connectivity index (χ4v) is 3.79. The lowest BCUT2D eigenvalue weighted by atomic mass is 10.1. The zero-order valence-corrected chi connectivity index (χ0v) is 17.5. The van der Waals surface area contributed by atoms with Gasteiger partial charge >= 0.3 is 0 Å². The lowest BCUT2D eigenvalue weighted by Gasteiger charge is -2.33. The number of hydrogen-bond acceptors (Lipinski definition) is 6.